The maximum Gasteiger partial charge on any atom is 0.248 e. The van der Waals surface area contributed by atoms with E-state index in [0.717, 1.165) is 22.3 Å². The molecule has 2 aromatic rings. The van der Waals surface area contributed by atoms with Crippen molar-refractivity contribution in [3.05, 3.63) is 41.2 Å². The summed E-state index contributed by atoms with van der Waals surface area (Å²) in [4.78, 5) is 11.0. The molecule has 0 saturated carbocycles. The number of hydrogen-bond acceptors (Lipinski definition) is 5. The molecule has 106 valence electrons. The average Bonchev–Trinajstić information content (AvgIpc) is 2.79. The van der Waals surface area contributed by atoms with E-state index < -0.39 is 5.91 Å². The number of nitrogens with two attached hydrogens (primary N) is 2. The lowest BCUT2D eigenvalue weighted by Crippen LogP contribution is -2.12. The third-order valence-electron chi connectivity index (χ3n) is 2.86. The number of carbonyl (C=O) groups excluding carboxylic acids is 1. The molecule has 0 aliphatic carbocycles. The predicted molar refractivity (Wildman–Crippen MR) is 78.3 cm³/mol. The zero-order chi connectivity index (χ0) is 14.5. The van der Waals surface area contributed by atoms with Gasteiger partial charge in [-0.15, -0.1) is 10.2 Å². The number of nitrogens with zero attached hydrogens (tertiary/aromatic N) is 3. The van der Waals surface area contributed by atoms with Gasteiger partial charge in [0.1, 0.15) is 5.82 Å². The minimum atomic E-state index is -0.414. The quantitative estimate of drug-likeness (QED) is 0.771. The van der Waals surface area contributed by atoms with Gasteiger partial charge < -0.3 is 16.0 Å². The molecule has 20 heavy (non-hydrogen) atoms. The van der Waals surface area contributed by atoms with Gasteiger partial charge in [0.15, 0.2) is 5.16 Å². The van der Waals surface area contributed by atoms with E-state index in [0.29, 0.717) is 18.7 Å². The SMILES string of the molecule is Cc1nnc(SCc2ccc(C(N)=O)cc2)n1CCN. The van der Waals surface area contributed by atoms with E-state index in [4.69, 9.17) is 11.5 Å². The molecule has 0 unspecified atom stereocenters. The average molecular weight is 291 g/mol. The number of carbonyl (C=O) groups is 1. The van der Waals surface area contributed by atoms with Gasteiger partial charge in [0.25, 0.3) is 0 Å². The molecule has 0 aliphatic heterocycles. The fraction of sp³-hybridized carbons (Fsp3) is 0.308. The van der Waals surface area contributed by atoms with Crippen molar-refractivity contribution in [1.82, 2.24) is 14.8 Å². The van der Waals surface area contributed by atoms with Crippen molar-refractivity contribution in [3.8, 4) is 0 Å². The van der Waals surface area contributed by atoms with E-state index in [2.05, 4.69) is 10.2 Å². The van der Waals surface area contributed by atoms with Crippen molar-refractivity contribution in [2.75, 3.05) is 6.54 Å². The summed E-state index contributed by atoms with van der Waals surface area (Å²) >= 11 is 1.59. The van der Waals surface area contributed by atoms with Gasteiger partial charge in [-0.25, -0.2) is 0 Å². The Morgan fingerprint density at radius 1 is 1.30 bits per heavy atom. The van der Waals surface area contributed by atoms with E-state index in [9.17, 15) is 4.79 Å². The highest BCUT2D eigenvalue weighted by atomic mass is 32.2. The van der Waals surface area contributed by atoms with Crippen LogP contribution in [0.1, 0.15) is 21.7 Å². The van der Waals surface area contributed by atoms with Crippen LogP contribution in [-0.2, 0) is 12.3 Å². The standard InChI is InChI=1S/C13H17N5OS/c1-9-16-17-13(18(9)7-6-14)20-8-10-2-4-11(5-3-10)12(15)19/h2-5H,6-8,14H2,1H3,(H2,15,19). The number of primary amides is 1. The number of thioether (sulfide) groups is 1. The van der Waals surface area contributed by atoms with Crippen molar-refractivity contribution in [2.24, 2.45) is 11.5 Å². The van der Waals surface area contributed by atoms with Crippen LogP contribution in [0.4, 0.5) is 0 Å². The molecule has 0 fully saturated rings. The predicted octanol–water partition coefficient (Wildman–Crippen LogP) is 0.936. The van der Waals surface area contributed by atoms with E-state index in [1.54, 1.807) is 23.9 Å². The number of rotatable bonds is 6. The Kier molecular flexibility index (Phi) is 4.75. The zero-order valence-electron chi connectivity index (χ0n) is 11.2. The van der Waals surface area contributed by atoms with Gasteiger partial charge in [0, 0.05) is 24.4 Å². The molecule has 2 rings (SSSR count). The van der Waals surface area contributed by atoms with Crippen LogP contribution in [0, 0.1) is 6.92 Å². The van der Waals surface area contributed by atoms with Crippen molar-refractivity contribution >= 4 is 17.7 Å². The first-order chi connectivity index (χ1) is 9.61. The molecule has 1 aromatic carbocycles. The van der Waals surface area contributed by atoms with Gasteiger partial charge in [-0.1, -0.05) is 23.9 Å². The zero-order valence-corrected chi connectivity index (χ0v) is 12.1. The Bertz CT molecular complexity index is 593. The fourth-order valence-corrected chi connectivity index (χ4v) is 2.73. The van der Waals surface area contributed by atoms with Crippen molar-refractivity contribution in [1.29, 1.82) is 0 Å². The smallest absolute Gasteiger partial charge is 0.248 e. The summed E-state index contributed by atoms with van der Waals surface area (Å²) in [5, 5.41) is 9.06. The van der Waals surface area contributed by atoms with Gasteiger partial charge in [-0.05, 0) is 24.6 Å². The molecule has 4 N–H and O–H groups in total. The summed E-state index contributed by atoms with van der Waals surface area (Å²) in [6, 6.07) is 7.25. The highest BCUT2D eigenvalue weighted by molar-refractivity contribution is 7.98. The maximum atomic E-state index is 11.0. The molecule has 7 heteroatoms. The molecule has 0 atom stereocenters. The van der Waals surface area contributed by atoms with Crippen LogP contribution < -0.4 is 11.5 Å². The first kappa shape index (κ1) is 14.5. The summed E-state index contributed by atoms with van der Waals surface area (Å²) in [5.74, 6) is 1.20. The van der Waals surface area contributed by atoms with Crippen LogP contribution in [0.25, 0.3) is 0 Å². The Balaban J connectivity index is 2.03. The van der Waals surface area contributed by atoms with Gasteiger partial charge in [-0.2, -0.15) is 0 Å². The molecule has 6 nitrogen and oxygen atoms in total. The molecule has 0 aliphatic rings. The number of aryl methyl sites for hydroxylation is 1. The second kappa shape index (κ2) is 6.53. The second-order valence-electron chi connectivity index (χ2n) is 4.32. The van der Waals surface area contributed by atoms with Crippen LogP contribution in [-0.4, -0.2) is 27.2 Å². The number of hydrogen-bond donors (Lipinski definition) is 2. The van der Waals surface area contributed by atoms with Crippen LogP contribution in [0.5, 0.6) is 0 Å². The van der Waals surface area contributed by atoms with Crippen LogP contribution >= 0.6 is 11.8 Å². The van der Waals surface area contributed by atoms with Crippen LogP contribution in [0.3, 0.4) is 0 Å². The molecule has 0 spiro atoms. The van der Waals surface area contributed by atoms with Crippen LogP contribution in [0.15, 0.2) is 29.4 Å². The maximum absolute atomic E-state index is 11.0. The van der Waals surface area contributed by atoms with Gasteiger partial charge in [0.05, 0.1) is 0 Å². The summed E-state index contributed by atoms with van der Waals surface area (Å²) in [5.41, 5.74) is 12.4. The highest BCUT2D eigenvalue weighted by Crippen LogP contribution is 2.21. The third kappa shape index (κ3) is 3.37. The van der Waals surface area contributed by atoms with E-state index in [1.165, 1.54) is 0 Å². The van der Waals surface area contributed by atoms with Gasteiger partial charge in [0.2, 0.25) is 5.91 Å². The van der Waals surface area contributed by atoms with Crippen molar-refractivity contribution in [3.63, 3.8) is 0 Å². The summed E-state index contributed by atoms with van der Waals surface area (Å²) in [7, 11) is 0. The topological polar surface area (TPSA) is 99.8 Å². The summed E-state index contributed by atoms with van der Waals surface area (Å²) in [6.45, 7) is 3.18. The largest absolute Gasteiger partial charge is 0.366 e. The first-order valence-electron chi connectivity index (χ1n) is 6.23. The van der Waals surface area contributed by atoms with E-state index in [-0.39, 0.29) is 0 Å². The Morgan fingerprint density at radius 2 is 2.00 bits per heavy atom. The fourth-order valence-electron chi connectivity index (χ4n) is 1.77. The lowest BCUT2D eigenvalue weighted by Gasteiger charge is -2.06. The molecular formula is C13H17N5OS. The van der Waals surface area contributed by atoms with Gasteiger partial charge in [-0.3, -0.25) is 4.79 Å². The molecule has 0 saturated heterocycles. The first-order valence-corrected chi connectivity index (χ1v) is 7.22. The number of amides is 1. The number of aromatic nitrogens is 3. The Hall–Kier alpha value is -1.86. The number of benzene rings is 1. The van der Waals surface area contributed by atoms with Crippen molar-refractivity contribution < 1.29 is 4.79 Å². The minimum absolute atomic E-state index is 0.414. The highest BCUT2D eigenvalue weighted by Gasteiger charge is 2.09. The summed E-state index contributed by atoms with van der Waals surface area (Å²) in [6.07, 6.45) is 0. The second-order valence-corrected chi connectivity index (χ2v) is 5.26. The third-order valence-corrected chi connectivity index (χ3v) is 3.90. The van der Waals surface area contributed by atoms with Crippen molar-refractivity contribution in [2.45, 2.75) is 24.4 Å². The molecular weight excluding hydrogens is 274 g/mol. The van der Waals surface area contributed by atoms with E-state index in [1.807, 2.05) is 23.6 Å². The van der Waals surface area contributed by atoms with E-state index >= 15 is 0 Å². The molecule has 1 heterocycles. The molecule has 1 amide bonds. The van der Waals surface area contributed by atoms with Crippen LogP contribution in [0.2, 0.25) is 0 Å². The molecule has 0 bridgehead atoms. The minimum Gasteiger partial charge on any atom is -0.366 e. The lowest BCUT2D eigenvalue weighted by atomic mass is 10.1. The normalized spacial score (nSPS) is 10.7. The van der Waals surface area contributed by atoms with Gasteiger partial charge >= 0.3 is 0 Å². The molecule has 0 radical (unpaired) electrons. The summed E-state index contributed by atoms with van der Waals surface area (Å²) < 4.78 is 2.00. The Labute approximate surface area is 121 Å². The molecule has 1 aromatic heterocycles. The monoisotopic (exact) mass is 291 g/mol. The lowest BCUT2D eigenvalue weighted by molar-refractivity contribution is 0.100. The Morgan fingerprint density at radius 3 is 2.60 bits per heavy atom.